The number of hydrogen-bond donors (Lipinski definition) is 1. The lowest BCUT2D eigenvalue weighted by molar-refractivity contribution is -0.121. The molecule has 2 heterocycles. The highest BCUT2D eigenvalue weighted by molar-refractivity contribution is 8.15. The second kappa shape index (κ2) is 8.56. The number of nitrogens with zero attached hydrogens (tertiary/aromatic N) is 3. The molecule has 7 nitrogen and oxygen atoms in total. The third-order valence-corrected chi connectivity index (χ3v) is 5.74. The third-order valence-electron chi connectivity index (χ3n) is 4.53. The van der Waals surface area contributed by atoms with Gasteiger partial charge in [0, 0.05) is 44.9 Å². The predicted molar refractivity (Wildman–Crippen MR) is 107 cm³/mol. The largest absolute Gasteiger partial charge is 0.351 e. The molecular formula is C19H24N4O3S. The van der Waals surface area contributed by atoms with Gasteiger partial charge in [-0.2, -0.15) is 4.99 Å². The Morgan fingerprint density at radius 3 is 2.70 bits per heavy atom. The number of benzene rings is 1. The van der Waals surface area contributed by atoms with E-state index < -0.39 is 5.25 Å². The Labute approximate surface area is 163 Å². The minimum Gasteiger partial charge on any atom is -0.351 e. The average Bonchev–Trinajstić information content (AvgIpc) is 3.02. The quantitative estimate of drug-likeness (QED) is 0.855. The molecule has 8 heteroatoms. The molecule has 27 heavy (non-hydrogen) atoms. The van der Waals surface area contributed by atoms with E-state index in [9.17, 15) is 14.4 Å². The number of likely N-dealkylation sites (tertiary alicyclic amines) is 1. The van der Waals surface area contributed by atoms with Gasteiger partial charge in [0.25, 0.3) is 11.8 Å². The number of rotatable bonds is 4. The fraction of sp³-hybridized carbons (Fsp3) is 0.474. The molecule has 0 aromatic heterocycles. The Balaban J connectivity index is 1.56. The molecule has 1 aromatic carbocycles. The molecule has 3 rings (SSSR count). The van der Waals surface area contributed by atoms with Crippen molar-refractivity contribution < 1.29 is 14.4 Å². The van der Waals surface area contributed by atoms with E-state index in [0.717, 1.165) is 31.1 Å². The molecule has 144 valence electrons. The Kier molecular flexibility index (Phi) is 6.15. The number of hydrogen-bond acceptors (Lipinski definition) is 5. The van der Waals surface area contributed by atoms with Crippen LogP contribution in [-0.2, 0) is 9.59 Å². The van der Waals surface area contributed by atoms with Crippen LogP contribution in [0.25, 0.3) is 0 Å². The lowest BCUT2D eigenvalue weighted by Gasteiger charge is -2.27. The van der Waals surface area contributed by atoms with Crippen LogP contribution in [-0.4, -0.2) is 65.1 Å². The number of amides is 3. The van der Waals surface area contributed by atoms with Crippen LogP contribution in [0.4, 0.5) is 5.69 Å². The van der Waals surface area contributed by atoms with Crippen LogP contribution in [0.2, 0.25) is 0 Å². The number of carbonyl (C=O) groups excluding carboxylic acids is 3. The highest BCUT2D eigenvalue weighted by Gasteiger charge is 2.33. The molecule has 1 N–H and O–H groups in total. The van der Waals surface area contributed by atoms with Gasteiger partial charge in [0.1, 0.15) is 5.25 Å². The van der Waals surface area contributed by atoms with Crippen molar-refractivity contribution in [2.24, 2.45) is 4.99 Å². The summed E-state index contributed by atoms with van der Waals surface area (Å²) >= 11 is 1.38. The third kappa shape index (κ3) is 4.88. The lowest BCUT2D eigenvalue weighted by atomic mass is 10.1. The summed E-state index contributed by atoms with van der Waals surface area (Å²) in [7, 11) is 3.35. The van der Waals surface area contributed by atoms with E-state index in [1.165, 1.54) is 23.1 Å². The molecule has 0 bridgehead atoms. The van der Waals surface area contributed by atoms with Gasteiger partial charge < -0.3 is 15.1 Å². The number of carbonyl (C=O) groups is 3. The van der Waals surface area contributed by atoms with Crippen molar-refractivity contribution in [3.8, 4) is 0 Å². The van der Waals surface area contributed by atoms with Gasteiger partial charge in [0.2, 0.25) is 5.91 Å². The number of anilines is 1. The first kappa shape index (κ1) is 19.4. The van der Waals surface area contributed by atoms with Crippen molar-refractivity contribution in [1.82, 2.24) is 9.80 Å². The summed E-state index contributed by atoms with van der Waals surface area (Å²) in [6.45, 7) is 1.84. The van der Waals surface area contributed by atoms with Crippen LogP contribution in [0.3, 0.4) is 0 Å². The van der Waals surface area contributed by atoms with Gasteiger partial charge in [-0.3, -0.25) is 14.4 Å². The van der Waals surface area contributed by atoms with E-state index >= 15 is 0 Å². The van der Waals surface area contributed by atoms with E-state index in [1.54, 1.807) is 38.4 Å². The summed E-state index contributed by atoms with van der Waals surface area (Å²) in [5.74, 6) is -0.634. The van der Waals surface area contributed by atoms with Gasteiger partial charge in [-0.05, 0) is 37.5 Å². The second-order valence-electron chi connectivity index (χ2n) is 6.92. The molecule has 1 fully saturated rings. The zero-order valence-electron chi connectivity index (χ0n) is 15.6. The summed E-state index contributed by atoms with van der Waals surface area (Å²) in [4.78, 5) is 44.3. The van der Waals surface area contributed by atoms with Crippen LogP contribution < -0.4 is 5.32 Å². The Morgan fingerprint density at radius 1 is 1.26 bits per heavy atom. The maximum Gasteiger partial charge on any atom is 0.262 e. The van der Waals surface area contributed by atoms with Gasteiger partial charge in [-0.15, -0.1) is 0 Å². The van der Waals surface area contributed by atoms with Crippen molar-refractivity contribution in [2.45, 2.75) is 30.9 Å². The highest BCUT2D eigenvalue weighted by Crippen LogP contribution is 2.29. The first-order valence-electron chi connectivity index (χ1n) is 9.10. The molecule has 0 radical (unpaired) electrons. The van der Waals surface area contributed by atoms with E-state index in [1.807, 2.05) is 0 Å². The fourth-order valence-corrected chi connectivity index (χ4v) is 4.22. The van der Waals surface area contributed by atoms with Gasteiger partial charge in [-0.1, -0.05) is 17.8 Å². The van der Waals surface area contributed by atoms with E-state index in [-0.39, 0.29) is 24.1 Å². The first-order valence-corrected chi connectivity index (χ1v) is 9.98. The maximum atomic E-state index is 12.4. The molecule has 1 unspecified atom stereocenters. The van der Waals surface area contributed by atoms with Gasteiger partial charge in [0.15, 0.2) is 5.17 Å². The van der Waals surface area contributed by atoms with Crippen LogP contribution >= 0.6 is 11.8 Å². The van der Waals surface area contributed by atoms with Crippen LogP contribution in [0.15, 0.2) is 29.3 Å². The Bertz CT molecular complexity index is 772. The molecule has 0 saturated carbocycles. The Hall–Kier alpha value is -2.35. The standard InChI is InChI=1S/C19H24N4O3S/c1-22(2)18(26)13-7-6-8-14(11-13)20-16(24)12-15-17(25)21-19(27-15)23-9-4-3-5-10-23/h6-8,11,15H,3-5,9-10,12H2,1-2H3,(H,20,24). The van der Waals surface area contributed by atoms with E-state index in [4.69, 9.17) is 0 Å². The molecule has 0 spiro atoms. The zero-order chi connectivity index (χ0) is 19.4. The number of amidine groups is 1. The first-order chi connectivity index (χ1) is 12.9. The lowest BCUT2D eigenvalue weighted by Crippen LogP contribution is -2.33. The van der Waals surface area contributed by atoms with Gasteiger partial charge >= 0.3 is 0 Å². The average molecular weight is 388 g/mol. The van der Waals surface area contributed by atoms with Crippen LogP contribution in [0.1, 0.15) is 36.0 Å². The van der Waals surface area contributed by atoms with Crippen molar-refractivity contribution in [2.75, 3.05) is 32.5 Å². The van der Waals surface area contributed by atoms with Crippen molar-refractivity contribution in [3.05, 3.63) is 29.8 Å². The van der Waals surface area contributed by atoms with Gasteiger partial charge in [-0.25, -0.2) is 0 Å². The Morgan fingerprint density at radius 2 is 2.00 bits per heavy atom. The van der Waals surface area contributed by atoms with Crippen LogP contribution in [0, 0.1) is 0 Å². The minimum atomic E-state index is -0.478. The monoisotopic (exact) mass is 388 g/mol. The predicted octanol–water partition coefficient (Wildman–Crippen LogP) is 2.20. The molecule has 2 aliphatic rings. The molecule has 2 aliphatic heterocycles. The summed E-state index contributed by atoms with van der Waals surface area (Å²) in [5, 5.41) is 3.05. The molecule has 1 aromatic rings. The number of aliphatic imine (C=N–C) groups is 1. The van der Waals surface area contributed by atoms with Gasteiger partial charge in [0.05, 0.1) is 0 Å². The highest BCUT2D eigenvalue weighted by atomic mass is 32.2. The summed E-state index contributed by atoms with van der Waals surface area (Å²) in [6.07, 6.45) is 3.50. The SMILES string of the molecule is CN(C)C(=O)c1cccc(NC(=O)CC2SC(N3CCCCC3)=NC2=O)c1. The summed E-state index contributed by atoms with van der Waals surface area (Å²) in [5.41, 5.74) is 1.04. The van der Waals surface area contributed by atoms with Crippen molar-refractivity contribution in [1.29, 1.82) is 0 Å². The number of piperidine rings is 1. The molecule has 3 amide bonds. The summed E-state index contributed by atoms with van der Waals surface area (Å²) in [6, 6.07) is 6.79. The maximum absolute atomic E-state index is 12.4. The van der Waals surface area contributed by atoms with E-state index in [2.05, 4.69) is 15.2 Å². The number of thioether (sulfide) groups is 1. The van der Waals surface area contributed by atoms with Crippen molar-refractivity contribution >= 4 is 40.3 Å². The molecular weight excluding hydrogens is 364 g/mol. The topological polar surface area (TPSA) is 82.1 Å². The van der Waals surface area contributed by atoms with Crippen molar-refractivity contribution in [3.63, 3.8) is 0 Å². The molecule has 0 aliphatic carbocycles. The number of nitrogens with one attached hydrogen (secondary N) is 1. The minimum absolute atomic E-state index is 0.0657. The fourth-order valence-electron chi connectivity index (χ4n) is 3.10. The normalized spacial score (nSPS) is 19.6. The molecule has 1 atom stereocenters. The summed E-state index contributed by atoms with van der Waals surface area (Å²) < 4.78 is 0. The zero-order valence-corrected chi connectivity index (χ0v) is 16.4. The van der Waals surface area contributed by atoms with E-state index in [0.29, 0.717) is 11.3 Å². The molecule has 1 saturated heterocycles. The smallest absolute Gasteiger partial charge is 0.262 e. The second-order valence-corrected chi connectivity index (χ2v) is 8.09. The van der Waals surface area contributed by atoms with Crippen LogP contribution in [0.5, 0.6) is 0 Å².